The number of aliphatic hydroxyl groups is 1. The number of anilines is 1. The van der Waals surface area contributed by atoms with E-state index in [9.17, 15) is 9.59 Å². The second-order valence-corrected chi connectivity index (χ2v) is 7.42. The van der Waals surface area contributed by atoms with E-state index in [1.54, 1.807) is 36.4 Å². The van der Waals surface area contributed by atoms with E-state index >= 15 is 0 Å². The maximum absolute atomic E-state index is 12.4. The standard InChI is InChI=1S/C21H24BrNO6S/c22-16-5-7-17(8-6-16)23-21(26)29-19(2-1-12-28-20(25)14-30)15-3-9-18(10-4-15)27-13-11-24/h3-10,19,24,30H,1-2,11-14H2,(H,23,26)/t19-/m1/s1. The number of hydrogen-bond donors (Lipinski definition) is 3. The van der Waals surface area contributed by atoms with E-state index < -0.39 is 18.2 Å². The van der Waals surface area contributed by atoms with Crippen molar-refractivity contribution < 1.29 is 28.9 Å². The van der Waals surface area contributed by atoms with Gasteiger partial charge in [0.2, 0.25) is 0 Å². The van der Waals surface area contributed by atoms with Crippen LogP contribution in [0.3, 0.4) is 0 Å². The van der Waals surface area contributed by atoms with Crippen molar-refractivity contribution in [3.05, 3.63) is 58.6 Å². The summed E-state index contributed by atoms with van der Waals surface area (Å²) < 4.78 is 16.9. The zero-order valence-electron chi connectivity index (χ0n) is 16.3. The van der Waals surface area contributed by atoms with Crippen molar-refractivity contribution in [2.45, 2.75) is 18.9 Å². The van der Waals surface area contributed by atoms with E-state index in [1.165, 1.54) is 0 Å². The first-order valence-electron chi connectivity index (χ1n) is 9.35. The summed E-state index contributed by atoms with van der Waals surface area (Å²) in [5.74, 6) is 0.230. The Morgan fingerprint density at radius 3 is 2.40 bits per heavy atom. The maximum atomic E-state index is 12.4. The molecule has 9 heteroatoms. The van der Waals surface area contributed by atoms with Crippen LogP contribution in [0.15, 0.2) is 53.0 Å². The third kappa shape index (κ3) is 8.64. The average molecular weight is 498 g/mol. The highest BCUT2D eigenvalue weighted by Gasteiger charge is 2.17. The minimum absolute atomic E-state index is 0.0187. The van der Waals surface area contributed by atoms with Crippen LogP contribution < -0.4 is 10.1 Å². The molecular formula is C21H24BrNO6S. The Hall–Kier alpha value is -2.23. The molecule has 0 aliphatic carbocycles. The van der Waals surface area contributed by atoms with Crippen molar-refractivity contribution in [3.8, 4) is 5.75 Å². The number of nitrogens with one attached hydrogen (secondary N) is 1. The maximum Gasteiger partial charge on any atom is 0.412 e. The molecule has 2 aromatic rings. The summed E-state index contributed by atoms with van der Waals surface area (Å²) in [4.78, 5) is 23.6. The number of thiol groups is 1. The van der Waals surface area contributed by atoms with Gasteiger partial charge in [-0.15, -0.1) is 0 Å². The highest BCUT2D eigenvalue weighted by atomic mass is 79.9. The number of rotatable bonds is 11. The normalized spacial score (nSPS) is 11.4. The van der Waals surface area contributed by atoms with Gasteiger partial charge in [0.05, 0.1) is 19.0 Å². The Kier molecular flexibility index (Phi) is 10.5. The van der Waals surface area contributed by atoms with Crippen molar-refractivity contribution in [1.82, 2.24) is 0 Å². The van der Waals surface area contributed by atoms with Crippen LogP contribution in [0.5, 0.6) is 5.75 Å². The summed E-state index contributed by atoms with van der Waals surface area (Å²) in [6.07, 6.45) is -0.152. The summed E-state index contributed by atoms with van der Waals surface area (Å²) >= 11 is 7.21. The summed E-state index contributed by atoms with van der Waals surface area (Å²) in [6, 6.07) is 14.2. The lowest BCUT2D eigenvalue weighted by Gasteiger charge is -2.19. The quantitative estimate of drug-likeness (QED) is 0.242. The number of carbonyl (C=O) groups excluding carboxylic acids is 2. The molecule has 0 aliphatic rings. The fraction of sp³-hybridized carbons (Fsp3) is 0.333. The third-order valence-electron chi connectivity index (χ3n) is 3.95. The van der Waals surface area contributed by atoms with Gasteiger partial charge in [-0.1, -0.05) is 28.1 Å². The molecule has 162 valence electrons. The molecule has 0 spiro atoms. The summed E-state index contributed by atoms with van der Waals surface area (Å²) in [6.45, 7) is 0.339. The molecular weight excluding hydrogens is 474 g/mol. The summed E-state index contributed by atoms with van der Waals surface area (Å²) in [7, 11) is 0. The van der Waals surface area contributed by atoms with Crippen molar-refractivity contribution in [1.29, 1.82) is 0 Å². The predicted octanol–water partition coefficient (Wildman–Crippen LogP) is 4.36. The minimum Gasteiger partial charge on any atom is -0.491 e. The number of halogens is 1. The van der Waals surface area contributed by atoms with Gasteiger partial charge in [0.15, 0.2) is 0 Å². The molecule has 0 fully saturated rings. The Morgan fingerprint density at radius 2 is 1.77 bits per heavy atom. The van der Waals surface area contributed by atoms with Crippen molar-refractivity contribution in [2.24, 2.45) is 0 Å². The smallest absolute Gasteiger partial charge is 0.412 e. The molecule has 0 saturated heterocycles. The second kappa shape index (κ2) is 13.1. The van der Waals surface area contributed by atoms with Gasteiger partial charge in [-0.3, -0.25) is 10.1 Å². The Bertz CT molecular complexity index is 800. The van der Waals surface area contributed by atoms with Crippen LogP contribution in [-0.2, 0) is 14.3 Å². The molecule has 0 aromatic heterocycles. The first-order valence-corrected chi connectivity index (χ1v) is 10.8. The average Bonchev–Trinajstić information content (AvgIpc) is 2.76. The Balaban J connectivity index is 2.01. The van der Waals surface area contributed by atoms with Gasteiger partial charge >= 0.3 is 12.1 Å². The molecule has 0 radical (unpaired) electrons. The minimum atomic E-state index is -0.588. The van der Waals surface area contributed by atoms with E-state index in [0.717, 1.165) is 10.0 Å². The van der Waals surface area contributed by atoms with E-state index in [-0.39, 0.29) is 25.6 Å². The van der Waals surface area contributed by atoms with Gasteiger partial charge < -0.3 is 19.3 Å². The monoisotopic (exact) mass is 497 g/mol. The van der Waals surface area contributed by atoms with Crippen LogP contribution in [0.1, 0.15) is 24.5 Å². The van der Waals surface area contributed by atoms with E-state index in [0.29, 0.717) is 24.3 Å². The van der Waals surface area contributed by atoms with Crippen molar-refractivity contribution in [3.63, 3.8) is 0 Å². The fourth-order valence-corrected chi connectivity index (χ4v) is 2.90. The molecule has 1 atom stereocenters. The van der Waals surface area contributed by atoms with E-state index in [2.05, 4.69) is 33.9 Å². The van der Waals surface area contributed by atoms with Gasteiger partial charge in [0.1, 0.15) is 18.5 Å². The van der Waals surface area contributed by atoms with E-state index in [1.807, 2.05) is 12.1 Å². The van der Waals surface area contributed by atoms with Crippen molar-refractivity contribution in [2.75, 3.05) is 30.9 Å². The number of esters is 1. The lowest BCUT2D eigenvalue weighted by Crippen LogP contribution is -2.18. The van der Waals surface area contributed by atoms with Crippen LogP contribution in [0.2, 0.25) is 0 Å². The second-order valence-electron chi connectivity index (χ2n) is 6.19. The molecule has 2 N–H and O–H groups in total. The lowest BCUT2D eigenvalue weighted by atomic mass is 10.0. The Labute approximate surface area is 189 Å². The number of aliphatic hydroxyl groups excluding tert-OH is 1. The number of benzene rings is 2. The SMILES string of the molecule is O=C(CS)OCCC[C@@H](OC(=O)Nc1ccc(Br)cc1)c1ccc(OCCO)cc1. The summed E-state index contributed by atoms with van der Waals surface area (Å²) in [5, 5.41) is 11.5. The van der Waals surface area contributed by atoms with Gasteiger partial charge in [-0.25, -0.2) is 4.79 Å². The van der Waals surface area contributed by atoms with Gasteiger partial charge in [-0.05, 0) is 54.8 Å². The highest BCUT2D eigenvalue weighted by molar-refractivity contribution is 9.10. The van der Waals surface area contributed by atoms with E-state index in [4.69, 9.17) is 19.3 Å². The first kappa shape index (κ1) is 24.0. The highest BCUT2D eigenvalue weighted by Crippen LogP contribution is 2.26. The zero-order valence-corrected chi connectivity index (χ0v) is 18.7. The van der Waals surface area contributed by atoms with Gasteiger partial charge in [-0.2, -0.15) is 12.6 Å². The molecule has 0 unspecified atom stereocenters. The van der Waals surface area contributed by atoms with Crippen LogP contribution >= 0.6 is 28.6 Å². The fourth-order valence-electron chi connectivity index (χ4n) is 2.55. The van der Waals surface area contributed by atoms with Crippen LogP contribution in [0, 0.1) is 0 Å². The molecule has 2 aromatic carbocycles. The molecule has 0 saturated carbocycles. The third-order valence-corrected chi connectivity index (χ3v) is 4.74. The molecule has 7 nitrogen and oxygen atoms in total. The molecule has 0 heterocycles. The predicted molar refractivity (Wildman–Crippen MR) is 120 cm³/mol. The zero-order chi connectivity index (χ0) is 21.8. The summed E-state index contributed by atoms with van der Waals surface area (Å²) in [5.41, 5.74) is 1.38. The number of amides is 1. The number of carbonyl (C=O) groups is 2. The topological polar surface area (TPSA) is 94.1 Å². The largest absolute Gasteiger partial charge is 0.491 e. The van der Waals surface area contributed by atoms with Crippen LogP contribution in [-0.4, -0.2) is 42.7 Å². The number of hydrogen-bond acceptors (Lipinski definition) is 7. The molecule has 30 heavy (non-hydrogen) atoms. The Morgan fingerprint density at radius 1 is 1.07 bits per heavy atom. The molecule has 0 bridgehead atoms. The van der Waals surface area contributed by atoms with Crippen LogP contribution in [0.25, 0.3) is 0 Å². The molecule has 1 amide bonds. The van der Waals surface area contributed by atoms with Crippen molar-refractivity contribution >= 4 is 46.3 Å². The molecule has 0 aliphatic heterocycles. The van der Waals surface area contributed by atoms with Gasteiger partial charge in [0, 0.05) is 10.2 Å². The van der Waals surface area contributed by atoms with Gasteiger partial charge in [0.25, 0.3) is 0 Å². The molecule has 2 rings (SSSR count). The lowest BCUT2D eigenvalue weighted by molar-refractivity contribution is -0.140. The van der Waals surface area contributed by atoms with Crippen LogP contribution in [0.4, 0.5) is 10.5 Å². The first-order chi connectivity index (χ1) is 14.5. The number of ether oxygens (including phenoxy) is 3.